The fourth-order valence-corrected chi connectivity index (χ4v) is 4.22. The molecule has 0 spiro atoms. The number of carbonyl (C=O) groups is 1. The Morgan fingerprint density at radius 2 is 2.14 bits per heavy atom. The molecule has 1 aromatic rings. The zero-order valence-corrected chi connectivity index (χ0v) is 12.1. The van der Waals surface area contributed by atoms with Gasteiger partial charge in [-0.05, 0) is 30.4 Å². The molecule has 1 fully saturated rings. The number of rotatable bonds is 3. The second-order valence-electron chi connectivity index (χ2n) is 6.28. The minimum Gasteiger partial charge on any atom is -0.481 e. The fourth-order valence-electron chi connectivity index (χ4n) is 4.22. The molecule has 4 atom stereocenters. The smallest absolute Gasteiger partial charge is 0.416 e. The summed E-state index contributed by atoms with van der Waals surface area (Å²) in [6.07, 6.45) is 0.923. The molecular formula is C17H17F3O2. The van der Waals surface area contributed by atoms with E-state index in [0.29, 0.717) is 18.4 Å². The van der Waals surface area contributed by atoms with Gasteiger partial charge in [0.1, 0.15) is 0 Å². The van der Waals surface area contributed by atoms with Crippen LogP contribution < -0.4 is 0 Å². The second-order valence-corrected chi connectivity index (χ2v) is 6.28. The van der Waals surface area contributed by atoms with E-state index in [1.165, 1.54) is 6.07 Å². The lowest BCUT2D eigenvalue weighted by molar-refractivity contribution is -0.145. The Bertz CT molecular complexity index is 635. The molecule has 1 saturated carbocycles. The Hall–Kier alpha value is -1.78. The van der Waals surface area contributed by atoms with E-state index in [9.17, 15) is 23.1 Å². The first kappa shape index (κ1) is 15.1. The first-order valence-corrected chi connectivity index (χ1v) is 7.38. The van der Waals surface area contributed by atoms with E-state index in [0.717, 1.165) is 12.1 Å². The quantitative estimate of drug-likeness (QED) is 0.836. The van der Waals surface area contributed by atoms with Crippen LogP contribution in [0.15, 0.2) is 36.4 Å². The average Bonchev–Trinajstić information content (AvgIpc) is 3.03. The Morgan fingerprint density at radius 3 is 2.73 bits per heavy atom. The van der Waals surface area contributed by atoms with E-state index >= 15 is 0 Å². The summed E-state index contributed by atoms with van der Waals surface area (Å²) in [6.45, 7) is 1.94. The highest BCUT2D eigenvalue weighted by molar-refractivity contribution is 5.75. The van der Waals surface area contributed by atoms with Gasteiger partial charge < -0.3 is 5.11 Å². The summed E-state index contributed by atoms with van der Waals surface area (Å²) < 4.78 is 38.7. The summed E-state index contributed by atoms with van der Waals surface area (Å²) in [5.74, 6) is -1.96. The van der Waals surface area contributed by atoms with Gasteiger partial charge in [0.15, 0.2) is 0 Å². The van der Waals surface area contributed by atoms with Crippen LogP contribution in [-0.2, 0) is 11.0 Å². The van der Waals surface area contributed by atoms with Crippen LogP contribution in [0.2, 0.25) is 0 Å². The van der Waals surface area contributed by atoms with Gasteiger partial charge in [-0.2, -0.15) is 13.2 Å². The van der Waals surface area contributed by atoms with Gasteiger partial charge in [-0.1, -0.05) is 37.3 Å². The van der Waals surface area contributed by atoms with E-state index in [4.69, 9.17) is 0 Å². The van der Waals surface area contributed by atoms with Crippen molar-refractivity contribution >= 4 is 5.97 Å². The minimum absolute atomic E-state index is 0.00420. The van der Waals surface area contributed by atoms with Crippen molar-refractivity contribution in [3.63, 3.8) is 0 Å². The van der Waals surface area contributed by atoms with Crippen molar-refractivity contribution in [1.29, 1.82) is 0 Å². The van der Waals surface area contributed by atoms with Gasteiger partial charge >= 0.3 is 12.1 Å². The molecular weight excluding hydrogens is 293 g/mol. The highest BCUT2D eigenvalue weighted by atomic mass is 19.4. The van der Waals surface area contributed by atoms with Crippen LogP contribution in [0.1, 0.15) is 36.8 Å². The number of fused-ring (bicyclic) bond motifs is 2. The van der Waals surface area contributed by atoms with Crippen molar-refractivity contribution in [2.24, 2.45) is 17.3 Å². The number of hydrogen-bond acceptors (Lipinski definition) is 1. The third-order valence-corrected chi connectivity index (χ3v) is 5.25. The summed E-state index contributed by atoms with van der Waals surface area (Å²) >= 11 is 0. The number of allylic oxidation sites excluding steroid dienone is 2. The van der Waals surface area contributed by atoms with Gasteiger partial charge in [-0.15, -0.1) is 0 Å². The van der Waals surface area contributed by atoms with Gasteiger partial charge in [-0.3, -0.25) is 4.79 Å². The maximum absolute atomic E-state index is 12.9. The minimum atomic E-state index is -4.41. The number of benzene rings is 1. The molecule has 118 valence electrons. The number of halogens is 3. The lowest BCUT2D eigenvalue weighted by Crippen LogP contribution is -2.33. The van der Waals surface area contributed by atoms with Gasteiger partial charge in [0.25, 0.3) is 0 Å². The van der Waals surface area contributed by atoms with Crippen LogP contribution in [0, 0.1) is 17.3 Å². The average molecular weight is 310 g/mol. The lowest BCUT2D eigenvalue weighted by atomic mass is 9.70. The van der Waals surface area contributed by atoms with E-state index in [1.54, 1.807) is 6.07 Å². The van der Waals surface area contributed by atoms with E-state index in [2.05, 4.69) is 0 Å². The molecule has 0 aliphatic heterocycles. The molecule has 0 saturated heterocycles. The predicted octanol–water partition coefficient (Wildman–Crippen LogP) is 4.48. The SMILES string of the molecule is CCC12C=CC(C1)C(c1cccc(C(F)(F)F)c1)C2C(=O)O. The molecule has 0 radical (unpaired) electrons. The third kappa shape index (κ3) is 2.14. The van der Waals surface area contributed by atoms with Crippen LogP contribution in [0.3, 0.4) is 0 Å². The lowest BCUT2D eigenvalue weighted by Gasteiger charge is -2.33. The zero-order valence-electron chi connectivity index (χ0n) is 12.1. The Labute approximate surface area is 126 Å². The Morgan fingerprint density at radius 1 is 1.41 bits per heavy atom. The highest BCUT2D eigenvalue weighted by Gasteiger charge is 2.57. The van der Waals surface area contributed by atoms with Gasteiger partial charge in [0.05, 0.1) is 11.5 Å². The largest absolute Gasteiger partial charge is 0.481 e. The van der Waals surface area contributed by atoms with Crippen LogP contribution in [0.25, 0.3) is 0 Å². The summed E-state index contributed by atoms with van der Waals surface area (Å²) in [6, 6.07) is 5.12. The second kappa shape index (κ2) is 4.86. The molecule has 0 amide bonds. The number of alkyl halides is 3. The molecule has 1 N–H and O–H groups in total. The topological polar surface area (TPSA) is 37.3 Å². The van der Waals surface area contributed by atoms with Crippen molar-refractivity contribution in [3.05, 3.63) is 47.5 Å². The first-order valence-electron chi connectivity index (χ1n) is 7.38. The molecule has 2 aliphatic rings. The summed E-state index contributed by atoms with van der Waals surface area (Å²) in [5.41, 5.74) is -0.659. The monoisotopic (exact) mass is 310 g/mol. The molecule has 4 unspecified atom stereocenters. The number of aliphatic carboxylic acids is 1. The molecule has 5 heteroatoms. The van der Waals surface area contributed by atoms with E-state index < -0.39 is 29.0 Å². The molecule has 1 aromatic carbocycles. The van der Waals surface area contributed by atoms with Crippen LogP contribution in [0.5, 0.6) is 0 Å². The molecule has 22 heavy (non-hydrogen) atoms. The zero-order chi connectivity index (χ0) is 16.1. The third-order valence-electron chi connectivity index (χ3n) is 5.25. The molecule has 2 nitrogen and oxygen atoms in total. The molecule has 0 aromatic heterocycles. The number of carboxylic acid groups (broad SMARTS) is 1. The summed E-state index contributed by atoms with van der Waals surface area (Å²) in [7, 11) is 0. The standard InChI is InChI=1S/C17H17F3O2/c1-2-16-7-6-11(9-16)13(14(16)15(21)22)10-4-3-5-12(8-10)17(18,19)20/h3-8,11,13-14H,2,9H2,1H3,(H,21,22). The van der Waals surface area contributed by atoms with Crippen LogP contribution >= 0.6 is 0 Å². The maximum Gasteiger partial charge on any atom is 0.416 e. The molecule has 2 aliphatic carbocycles. The Balaban J connectivity index is 2.05. The van der Waals surface area contributed by atoms with Crippen molar-refractivity contribution in [2.75, 3.05) is 0 Å². The first-order chi connectivity index (χ1) is 10.3. The molecule has 0 heterocycles. The van der Waals surface area contributed by atoms with Crippen molar-refractivity contribution < 1.29 is 23.1 Å². The number of hydrogen-bond donors (Lipinski definition) is 1. The molecule has 3 rings (SSSR count). The number of carboxylic acids is 1. The van der Waals surface area contributed by atoms with Gasteiger partial charge in [0.2, 0.25) is 0 Å². The molecule has 2 bridgehead atoms. The summed E-state index contributed by atoms with van der Waals surface area (Å²) in [4.78, 5) is 11.8. The summed E-state index contributed by atoms with van der Waals surface area (Å²) in [5, 5.41) is 9.64. The normalized spacial score (nSPS) is 33.4. The highest BCUT2D eigenvalue weighted by Crippen LogP contribution is 2.61. The Kier molecular flexibility index (Phi) is 3.34. The predicted molar refractivity (Wildman–Crippen MR) is 75.3 cm³/mol. The van der Waals surface area contributed by atoms with Crippen LogP contribution in [-0.4, -0.2) is 11.1 Å². The van der Waals surface area contributed by atoms with E-state index in [-0.39, 0.29) is 11.8 Å². The van der Waals surface area contributed by atoms with Gasteiger partial charge in [-0.25, -0.2) is 0 Å². The van der Waals surface area contributed by atoms with Crippen molar-refractivity contribution in [2.45, 2.75) is 31.9 Å². The van der Waals surface area contributed by atoms with Crippen molar-refractivity contribution in [3.8, 4) is 0 Å². The van der Waals surface area contributed by atoms with E-state index in [1.807, 2.05) is 19.1 Å². The fraction of sp³-hybridized carbons (Fsp3) is 0.471. The van der Waals surface area contributed by atoms with Crippen LogP contribution in [0.4, 0.5) is 13.2 Å². The van der Waals surface area contributed by atoms with Gasteiger partial charge in [0, 0.05) is 11.3 Å². The maximum atomic E-state index is 12.9. The van der Waals surface area contributed by atoms with Crippen molar-refractivity contribution in [1.82, 2.24) is 0 Å².